The first-order valence-electron chi connectivity index (χ1n) is 23.0. The van der Waals surface area contributed by atoms with Crippen LogP contribution in [0.3, 0.4) is 0 Å². The highest BCUT2D eigenvalue weighted by Gasteiger charge is 2.59. The summed E-state index contributed by atoms with van der Waals surface area (Å²) in [4.78, 5) is 47.4. The van der Waals surface area contributed by atoms with Gasteiger partial charge in [0.1, 0.15) is 30.0 Å². The Kier molecular flexibility index (Phi) is 10.5. The Morgan fingerprint density at radius 2 is 1.64 bits per heavy atom. The third-order valence-electron chi connectivity index (χ3n) is 14.7. The van der Waals surface area contributed by atoms with Crippen molar-refractivity contribution in [2.45, 2.75) is 104 Å². The van der Waals surface area contributed by atoms with Gasteiger partial charge in [-0.3, -0.25) is 23.4 Å². The van der Waals surface area contributed by atoms with Crippen molar-refractivity contribution in [3.05, 3.63) is 139 Å². The van der Waals surface area contributed by atoms with Crippen molar-refractivity contribution >= 4 is 29.3 Å². The SMILES string of the molecule is CCP(=O)(CC)c1ccc(-n2ccn(-c3c4c(nn3-c3cc(C)c(F)c(C)c3)CCN(C(=O)c3cc5cc(C6CCOC(C)(C)C6)ccc5n3C3(c5noc(=O)[nH]5)CC3C)C4C)c2=O)cc1. The monoisotopic (exact) mass is 914 g/mol. The molecule has 6 heterocycles. The molecule has 10 rings (SSSR count). The molecule has 1 N–H and O–H groups in total. The molecular formula is C50H56FN8O6P. The van der Waals surface area contributed by atoms with Gasteiger partial charge in [0.05, 0.1) is 28.7 Å². The largest absolute Gasteiger partial charge is 0.438 e. The van der Waals surface area contributed by atoms with E-state index in [-0.39, 0.29) is 34.9 Å². The Bertz CT molecular complexity index is 3210. The number of aromatic amines is 1. The summed E-state index contributed by atoms with van der Waals surface area (Å²) in [5.41, 5.74) is 4.47. The van der Waals surface area contributed by atoms with Crippen molar-refractivity contribution in [2.24, 2.45) is 5.92 Å². The Morgan fingerprint density at radius 3 is 2.27 bits per heavy atom. The van der Waals surface area contributed by atoms with Gasteiger partial charge in [-0.2, -0.15) is 5.10 Å². The van der Waals surface area contributed by atoms with E-state index in [1.165, 1.54) is 10.1 Å². The quantitative estimate of drug-likeness (QED) is 0.134. The van der Waals surface area contributed by atoms with E-state index in [0.29, 0.717) is 83.7 Å². The number of halogens is 1. The summed E-state index contributed by atoms with van der Waals surface area (Å²) in [6, 6.07) is 18.5. The number of carbonyl (C=O) groups excluding carboxylic acids is 1. The molecule has 1 saturated heterocycles. The van der Waals surface area contributed by atoms with Gasteiger partial charge < -0.3 is 18.8 Å². The number of amides is 1. The first kappa shape index (κ1) is 43.8. The Morgan fingerprint density at radius 1 is 0.939 bits per heavy atom. The number of hydrogen-bond acceptors (Lipinski definition) is 8. The number of rotatable bonds is 10. The highest BCUT2D eigenvalue weighted by atomic mass is 31.2. The van der Waals surface area contributed by atoms with Crippen molar-refractivity contribution in [3.63, 3.8) is 0 Å². The number of nitrogens with one attached hydrogen (secondary N) is 1. The molecule has 3 aromatic carbocycles. The molecule has 4 atom stereocenters. The molecule has 3 aliphatic rings. The summed E-state index contributed by atoms with van der Waals surface area (Å²) in [5.74, 6) is -0.0948. The summed E-state index contributed by atoms with van der Waals surface area (Å²) in [6.07, 6.45) is 7.26. The van der Waals surface area contributed by atoms with E-state index >= 15 is 9.18 Å². The summed E-state index contributed by atoms with van der Waals surface area (Å²) in [7, 11) is -2.54. The molecule has 1 amide bonds. The number of ether oxygens (including phenoxy) is 1. The molecule has 4 aromatic heterocycles. The topological polar surface area (TPSA) is 155 Å². The van der Waals surface area contributed by atoms with Crippen LogP contribution < -0.4 is 16.8 Å². The van der Waals surface area contributed by atoms with Crippen molar-refractivity contribution in [1.82, 2.24) is 38.5 Å². The normalized spacial score (nSPS) is 21.7. The smallest absolute Gasteiger partial charge is 0.376 e. The van der Waals surface area contributed by atoms with Crippen molar-refractivity contribution < 1.29 is 23.0 Å². The lowest BCUT2D eigenvalue weighted by molar-refractivity contribution is -0.0592. The van der Waals surface area contributed by atoms with Crippen molar-refractivity contribution in [3.8, 4) is 17.2 Å². The second-order valence-corrected chi connectivity index (χ2v) is 22.8. The molecule has 16 heteroatoms. The minimum Gasteiger partial charge on any atom is -0.376 e. The average molecular weight is 915 g/mol. The molecule has 2 aliphatic heterocycles. The number of aromatic nitrogens is 7. The van der Waals surface area contributed by atoms with E-state index in [1.54, 1.807) is 47.6 Å². The minimum atomic E-state index is -2.54. The molecule has 1 aliphatic carbocycles. The van der Waals surface area contributed by atoms with Crippen molar-refractivity contribution in [1.29, 1.82) is 0 Å². The molecule has 66 heavy (non-hydrogen) atoms. The number of fused-ring (bicyclic) bond motifs is 2. The molecular weight excluding hydrogens is 859 g/mol. The van der Waals surface area contributed by atoms with Gasteiger partial charge in [0.2, 0.25) is 0 Å². The lowest BCUT2D eigenvalue weighted by Crippen LogP contribution is -2.41. The van der Waals surface area contributed by atoms with Gasteiger partial charge in [0, 0.05) is 66.1 Å². The summed E-state index contributed by atoms with van der Waals surface area (Å²) in [6.45, 7) is 16.5. The van der Waals surface area contributed by atoms with Gasteiger partial charge in [-0.15, -0.1) is 0 Å². The van der Waals surface area contributed by atoms with Crippen LogP contribution in [0.25, 0.3) is 28.1 Å². The van der Waals surface area contributed by atoms with Gasteiger partial charge in [-0.05, 0) is 137 Å². The molecule has 0 spiro atoms. The van der Waals surface area contributed by atoms with E-state index in [4.69, 9.17) is 14.4 Å². The second kappa shape index (κ2) is 15.8. The number of H-pyrrole nitrogens is 1. The predicted octanol–water partition coefficient (Wildman–Crippen LogP) is 8.44. The van der Waals surface area contributed by atoms with E-state index in [9.17, 15) is 14.2 Å². The summed E-state index contributed by atoms with van der Waals surface area (Å²) >= 11 is 0. The van der Waals surface area contributed by atoms with E-state index in [0.717, 1.165) is 34.7 Å². The Labute approximate surface area is 381 Å². The Hall–Kier alpha value is -6.05. The summed E-state index contributed by atoms with van der Waals surface area (Å²) < 4.78 is 46.6. The number of carbonyl (C=O) groups is 1. The zero-order valence-corrected chi connectivity index (χ0v) is 39.6. The van der Waals surface area contributed by atoms with Gasteiger partial charge >= 0.3 is 11.4 Å². The Balaban J connectivity index is 1.10. The number of nitrogens with zero attached hydrogens (tertiary/aromatic N) is 7. The van der Waals surface area contributed by atoms with Crippen LogP contribution in [0.1, 0.15) is 117 Å². The van der Waals surface area contributed by atoms with E-state index in [2.05, 4.69) is 49.1 Å². The van der Waals surface area contributed by atoms with Crippen LogP contribution in [-0.4, -0.2) is 75.5 Å². The maximum atomic E-state index is 15.6. The molecule has 1 saturated carbocycles. The number of hydrogen-bond donors (Lipinski definition) is 1. The zero-order chi connectivity index (χ0) is 46.6. The number of imidazole rings is 1. The fourth-order valence-electron chi connectivity index (χ4n) is 10.9. The lowest BCUT2D eigenvalue weighted by Gasteiger charge is -2.35. The van der Waals surface area contributed by atoms with Gasteiger partial charge in [0.15, 0.2) is 5.82 Å². The molecule has 7 aromatic rings. The molecule has 14 nitrogen and oxygen atoms in total. The zero-order valence-electron chi connectivity index (χ0n) is 38.7. The number of benzene rings is 3. The van der Waals surface area contributed by atoms with E-state index in [1.807, 2.05) is 60.6 Å². The highest BCUT2D eigenvalue weighted by Crippen LogP contribution is 2.56. The fraction of sp³-hybridized carbons (Fsp3) is 0.420. The molecule has 344 valence electrons. The first-order valence-corrected chi connectivity index (χ1v) is 25.1. The van der Waals surface area contributed by atoms with Gasteiger partial charge in [-0.1, -0.05) is 32.0 Å². The molecule has 0 radical (unpaired) electrons. The maximum Gasteiger partial charge on any atom is 0.438 e. The lowest BCUT2D eigenvalue weighted by atomic mass is 9.83. The predicted molar refractivity (Wildman–Crippen MR) is 251 cm³/mol. The number of aryl methyl sites for hydroxylation is 2. The van der Waals surface area contributed by atoms with Crippen LogP contribution in [0.4, 0.5) is 4.39 Å². The van der Waals surface area contributed by atoms with Gasteiger partial charge in [-0.25, -0.2) is 18.7 Å². The highest BCUT2D eigenvalue weighted by molar-refractivity contribution is 7.71. The average Bonchev–Trinajstić information content (AvgIpc) is 3.80. The van der Waals surface area contributed by atoms with E-state index < -0.39 is 24.5 Å². The molecule has 0 bridgehead atoms. The van der Waals surface area contributed by atoms with Crippen LogP contribution in [0, 0.1) is 25.6 Å². The fourth-order valence-corrected chi connectivity index (χ4v) is 12.8. The standard InChI is InChI=1S/C50H56FN8O6P/c1-9-66(63,10-2)38-14-12-36(13-15-38)56-20-21-57(48(56)62)44-42-32(6)55(19-17-39(42)53-59(44)37-23-29(3)43(51)30(4)24-37)45(60)41-26-35-25-33(34-18-22-64-49(7,8)28-34)11-16-40(35)58(41)50(27-31(50)5)46-52-47(61)65-54-46/h11-16,20-21,23-26,31-32,34H,9-10,17-19,22,27-28H2,1-8H3,(H,52,54,61). The second-order valence-electron chi connectivity index (χ2n) is 19.2. The molecule has 4 unspecified atom stereocenters. The van der Waals surface area contributed by atoms with Gasteiger partial charge in [0.25, 0.3) is 5.91 Å². The third kappa shape index (κ3) is 6.91. The minimum absolute atomic E-state index is 0.0177. The molecule has 2 fully saturated rings. The maximum absolute atomic E-state index is 15.6. The van der Waals surface area contributed by atoms with Crippen LogP contribution in [0.5, 0.6) is 0 Å². The van der Waals surface area contributed by atoms with Crippen molar-refractivity contribution in [2.75, 3.05) is 25.5 Å². The third-order valence-corrected chi connectivity index (χ3v) is 18.0. The van der Waals surface area contributed by atoms with Crippen LogP contribution in [-0.2, 0) is 21.3 Å². The first-order chi connectivity index (χ1) is 31.5. The van der Waals surface area contributed by atoms with Crippen LogP contribution >= 0.6 is 7.14 Å². The van der Waals surface area contributed by atoms with Crippen LogP contribution in [0.2, 0.25) is 0 Å². The van der Waals surface area contributed by atoms with Crippen LogP contribution in [0.15, 0.2) is 87.2 Å². The summed E-state index contributed by atoms with van der Waals surface area (Å²) in [5, 5.41) is 11.0.